The van der Waals surface area contributed by atoms with Crippen molar-refractivity contribution in [2.45, 2.75) is 31.6 Å². The van der Waals surface area contributed by atoms with Gasteiger partial charge in [-0.3, -0.25) is 4.31 Å². The van der Waals surface area contributed by atoms with Crippen LogP contribution in [0.1, 0.15) is 39.3 Å². The van der Waals surface area contributed by atoms with Crippen LogP contribution < -0.4 is 0 Å². The van der Waals surface area contributed by atoms with E-state index in [9.17, 15) is 8.42 Å². The second-order valence-electron chi connectivity index (χ2n) is 9.75. The molecule has 5 rings (SSSR count). The van der Waals surface area contributed by atoms with E-state index in [1.165, 1.54) is 5.56 Å². The monoisotopic (exact) mass is 505 g/mol. The van der Waals surface area contributed by atoms with Gasteiger partial charge in [-0.2, -0.15) is 0 Å². The molecule has 3 nitrogen and oxygen atoms in total. The van der Waals surface area contributed by atoms with Crippen molar-refractivity contribution in [1.29, 1.82) is 0 Å². The third-order valence-corrected chi connectivity index (χ3v) is 8.67. The SMILES string of the molecule is Cc1ccc(C2=CC(c3ccccc3)CN(S(=O)(=O)c3ccc(C)cc3)C(c3ccc(C)cc3)=C2)cc1. The summed E-state index contributed by atoms with van der Waals surface area (Å²) >= 11 is 0. The summed E-state index contributed by atoms with van der Waals surface area (Å²) in [5, 5.41) is 0. The van der Waals surface area contributed by atoms with Crippen LogP contribution in [0.3, 0.4) is 0 Å². The van der Waals surface area contributed by atoms with E-state index in [-0.39, 0.29) is 5.92 Å². The average Bonchev–Trinajstić information content (AvgIpc) is 3.12. The fourth-order valence-electron chi connectivity index (χ4n) is 4.66. The van der Waals surface area contributed by atoms with Crippen molar-refractivity contribution in [2.75, 3.05) is 6.54 Å². The van der Waals surface area contributed by atoms with Crippen LogP contribution in [0.2, 0.25) is 0 Å². The Morgan fingerprint density at radius 2 is 1.16 bits per heavy atom. The van der Waals surface area contributed by atoms with Crippen LogP contribution in [-0.2, 0) is 10.0 Å². The van der Waals surface area contributed by atoms with Gasteiger partial charge in [-0.1, -0.05) is 114 Å². The Kier molecular flexibility index (Phi) is 6.86. The van der Waals surface area contributed by atoms with Gasteiger partial charge in [0.2, 0.25) is 0 Å². The van der Waals surface area contributed by atoms with E-state index >= 15 is 0 Å². The van der Waals surface area contributed by atoms with E-state index in [0.29, 0.717) is 17.1 Å². The van der Waals surface area contributed by atoms with Gasteiger partial charge in [0.05, 0.1) is 10.6 Å². The molecule has 0 aliphatic carbocycles. The lowest BCUT2D eigenvalue weighted by atomic mass is 9.94. The molecule has 0 spiro atoms. The molecule has 1 atom stereocenters. The fraction of sp³-hybridized carbons (Fsp3) is 0.152. The highest BCUT2D eigenvalue weighted by Gasteiger charge is 2.32. The van der Waals surface area contributed by atoms with Crippen molar-refractivity contribution in [3.8, 4) is 0 Å². The summed E-state index contributed by atoms with van der Waals surface area (Å²) in [6, 6.07) is 33.7. The summed E-state index contributed by atoms with van der Waals surface area (Å²) in [5.41, 5.74) is 8.02. The zero-order chi connectivity index (χ0) is 26.0. The van der Waals surface area contributed by atoms with Gasteiger partial charge in [-0.05, 0) is 61.2 Å². The quantitative estimate of drug-likeness (QED) is 0.281. The average molecular weight is 506 g/mol. The molecule has 1 aliphatic rings. The highest BCUT2D eigenvalue weighted by atomic mass is 32.2. The van der Waals surface area contributed by atoms with E-state index in [2.05, 4.69) is 49.4 Å². The predicted octanol–water partition coefficient (Wildman–Crippen LogP) is 7.52. The molecule has 0 fully saturated rings. The van der Waals surface area contributed by atoms with E-state index in [0.717, 1.165) is 33.4 Å². The first-order chi connectivity index (χ1) is 17.8. The molecule has 0 N–H and O–H groups in total. The Balaban J connectivity index is 1.73. The van der Waals surface area contributed by atoms with E-state index in [1.54, 1.807) is 16.4 Å². The summed E-state index contributed by atoms with van der Waals surface area (Å²) in [5.74, 6) is -0.128. The highest BCUT2D eigenvalue weighted by molar-refractivity contribution is 7.89. The van der Waals surface area contributed by atoms with Crippen molar-refractivity contribution >= 4 is 21.3 Å². The third-order valence-electron chi connectivity index (χ3n) is 6.87. The van der Waals surface area contributed by atoms with Crippen molar-refractivity contribution in [3.63, 3.8) is 0 Å². The van der Waals surface area contributed by atoms with Gasteiger partial charge in [-0.25, -0.2) is 8.42 Å². The lowest BCUT2D eigenvalue weighted by Gasteiger charge is -2.29. The molecule has 0 bridgehead atoms. The summed E-state index contributed by atoms with van der Waals surface area (Å²) in [6.45, 7) is 6.37. The summed E-state index contributed by atoms with van der Waals surface area (Å²) in [4.78, 5) is 0.293. The van der Waals surface area contributed by atoms with Crippen LogP contribution in [0.4, 0.5) is 0 Å². The smallest absolute Gasteiger partial charge is 0.264 e. The zero-order valence-corrected chi connectivity index (χ0v) is 22.2. The molecular weight excluding hydrogens is 474 g/mol. The lowest BCUT2D eigenvalue weighted by Crippen LogP contribution is -2.32. The van der Waals surface area contributed by atoms with Crippen molar-refractivity contribution in [2.24, 2.45) is 0 Å². The van der Waals surface area contributed by atoms with Gasteiger partial charge in [0.25, 0.3) is 10.0 Å². The van der Waals surface area contributed by atoms with Gasteiger partial charge < -0.3 is 0 Å². The van der Waals surface area contributed by atoms with Gasteiger partial charge in [0, 0.05) is 12.5 Å². The largest absolute Gasteiger partial charge is 0.265 e. The molecule has 186 valence electrons. The lowest BCUT2D eigenvalue weighted by molar-refractivity contribution is 0.499. The molecule has 0 saturated carbocycles. The number of hydrogen-bond donors (Lipinski definition) is 0. The fourth-order valence-corrected chi connectivity index (χ4v) is 6.17. The standard InChI is InChI=1S/C33H31NO2S/c1-24-9-15-28(16-10-24)30-21-31(27-7-5-4-6-8-27)23-34(33(22-30)29-17-11-25(2)12-18-29)37(35,36)32-19-13-26(3)14-20-32/h4-22,31H,23H2,1-3H3. The third kappa shape index (κ3) is 5.30. The molecule has 4 aromatic carbocycles. The molecule has 37 heavy (non-hydrogen) atoms. The Hall–Kier alpha value is -3.89. The zero-order valence-electron chi connectivity index (χ0n) is 21.4. The molecule has 0 amide bonds. The van der Waals surface area contributed by atoms with Crippen LogP contribution >= 0.6 is 0 Å². The molecule has 0 aromatic heterocycles. The first-order valence-electron chi connectivity index (χ1n) is 12.5. The maximum atomic E-state index is 14.2. The Labute approximate surface area is 220 Å². The van der Waals surface area contributed by atoms with Crippen LogP contribution in [0, 0.1) is 20.8 Å². The van der Waals surface area contributed by atoms with Gasteiger partial charge in [-0.15, -0.1) is 0 Å². The van der Waals surface area contributed by atoms with E-state index in [1.807, 2.05) is 74.5 Å². The first kappa shape index (κ1) is 24.8. The summed E-state index contributed by atoms with van der Waals surface area (Å²) in [7, 11) is -3.83. The van der Waals surface area contributed by atoms with E-state index in [4.69, 9.17) is 0 Å². The van der Waals surface area contributed by atoms with Crippen LogP contribution in [-0.4, -0.2) is 19.3 Å². The first-order valence-corrected chi connectivity index (χ1v) is 14.0. The van der Waals surface area contributed by atoms with Gasteiger partial charge in [0.1, 0.15) is 0 Å². The van der Waals surface area contributed by atoms with E-state index < -0.39 is 10.0 Å². The van der Waals surface area contributed by atoms with Gasteiger partial charge in [0.15, 0.2) is 0 Å². The number of rotatable bonds is 5. The van der Waals surface area contributed by atoms with Crippen molar-refractivity contribution in [1.82, 2.24) is 4.31 Å². The molecular formula is C33H31NO2S. The normalized spacial score (nSPS) is 16.1. The van der Waals surface area contributed by atoms with Crippen molar-refractivity contribution < 1.29 is 8.42 Å². The number of allylic oxidation sites excluding steroid dienone is 2. The number of nitrogens with zero attached hydrogens (tertiary/aromatic N) is 1. The Morgan fingerprint density at radius 3 is 1.73 bits per heavy atom. The number of hydrogen-bond acceptors (Lipinski definition) is 2. The molecule has 0 radical (unpaired) electrons. The maximum Gasteiger partial charge on any atom is 0.264 e. The molecule has 1 heterocycles. The number of benzene rings is 4. The van der Waals surface area contributed by atoms with Gasteiger partial charge >= 0.3 is 0 Å². The second-order valence-corrected chi connectivity index (χ2v) is 11.6. The van der Waals surface area contributed by atoms with Crippen LogP contribution in [0.25, 0.3) is 11.3 Å². The maximum absolute atomic E-state index is 14.2. The molecule has 4 heteroatoms. The predicted molar refractivity (Wildman–Crippen MR) is 153 cm³/mol. The minimum atomic E-state index is -3.83. The minimum Gasteiger partial charge on any atom is -0.265 e. The van der Waals surface area contributed by atoms with Crippen LogP contribution in [0.15, 0.2) is 120 Å². The molecule has 1 unspecified atom stereocenters. The molecule has 1 aliphatic heterocycles. The highest BCUT2D eigenvalue weighted by Crippen LogP contribution is 2.37. The Bertz CT molecular complexity index is 1550. The summed E-state index contributed by atoms with van der Waals surface area (Å²) in [6.07, 6.45) is 4.24. The minimum absolute atomic E-state index is 0.128. The number of aryl methyl sites for hydroxylation is 3. The molecule has 0 saturated heterocycles. The molecule has 4 aromatic rings. The topological polar surface area (TPSA) is 37.4 Å². The van der Waals surface area contributed by atoms with Crippen LogP contribution in [0.5, 0.6) is 0 Å². The summed E-state index contributed by atoms with van der Waals surface area (Å²) < 4.78 is 30.1. The second kappa shape index (κ2) is 10.2. The Morgan fingerprint density at radius 1 is 0.649 bits per heavy atom. The van der Waals surface area contributed by atoms with Crippen molar-refractivity contribution in [3.05, 3.63) is 149 Å². The number of sulfonamides is 1.